The molecule has 31 heavy (non-hydrogen) atoms. The minimum Gasteiger partial charge on any atom is -0.358 e. The van der Waals surface area contributed by atoms with Crippen LogP contribution in [-0.4, -0.2) is 69.3 Å². The van der Waals surface area contributed by atoms with Crippen LogP contribution in [0.4, 0.5) is 10.2 Å². The van der Waals surface area contributed by atoms with Crippen LogP contribution >= 0.6 is 0 Å². The van der Waals surface area contributed by atoms with Crippen LogP contribution in [0.5, 0.6) is 0 Å². The molecule has 1 N–H and O–H groups in total. The summed E-state index contributed by atoms with van der Waals surface area (Å²) in [6, 6.07) is 7.29. The fourth-order valence-electron chi connectivity index (χ4n) is 4.51. The number of H-pyrrole nitrogens is 1. The van der Waals surface area contributed by atoms with Crippen LogP contribution < -0.4 is 4.90 Å². The lowest BCUT2D eigenvalue weighted by atomic mass is 10.0. The summed E-state index contributed by atoms with van der Waals surface area (Å²) in [7, 11) is 6.24. The molecule has 1 aromatic carbocycles. The third-order valence-electron chi connectivity index (χ3n) is 6.30. The van der Waals surface area contributed by atoms with Crippen molar-refractivity contribution < 1.29 is 4.39 Å². The first-order valence-electron chi connectivity index (χ1n) is 10.7. The Morgan fingerprint density at radius 1 is 1.16 bits per heavy atom. The molecular formula is C23H28FN7. The average Bonchev–Trinajstić information content (AvgIpc) is 3.36. The first-order valence-corrected chi connectivity index (χ1v) is 10.7. The third-order valence-corrected chi connectivity index (χ3v) is 6.30. The lowest BCUT2D eigenvalue weighted by molar-refractivity contribution is 0.168. The number of nitrogens with one attached hydrogen (secondary N) is 1. The number of hydrogen-bond acceptors (Lipinski definition) is 5. The van der Waals surface area contributed by atoms with Crippen LogP contribution in [0.15, 0.2) is 48.3 Å². The number of likely N-dealkylation sites (tertiary alicyclic amines) is 1. The second kappa shape index (κ2) is 7.85. The minimum absolute atomic E-state index is 0.288. The maximum absolute atomic E-state index is 13.6. The molecule has 2 aromatic heterocycles. The highest BCUT2D eigenvalue weighted by Gasteiger charge is 2.27. The van der Waals surface area contributed by atoms with E-state index in [-0.39, 0.29) is 5.82 Å². The maximum atomic E-state index is 13.6. The van der Waals surface area contributed by atoms with Crippen LogP contribution in [-0.2, 0) is 7.05 Å². The average molecular weight is 422 g/mol. The molecule has 0 atom stereocenters. The Hall–Kier alpha value is -3.13. The summed E-state index contributed by atoms with van der Waals surface area (Å²) in [5.41, 5.74) is 2.29. The SMILES string of the molecule is CN(C)C1CCN(C2=CC=CCN2c2cc(-c3nc4cc(F)ccc4[nH]3)n(C)n2)CC1. The monoisotopic (exact) mass is 421 g/mol. The van der Waals surface area contributed by atoms with Crippen LogP contribution in [0.25, 0.3) is 22.6 Å². The second-order valence-electron chi connectivity index (χ2n) is 8.50. The number of anilines is 1. The number of nitrogens with zero attached hydrogens (tertiary/aromatic N) is 6. The van der Waals surface area contributed by atoms with Crippen molar-refractivity contribution in [1.29, 1.82) is 0 Å². The molecule has 7 nitrogen and oxygen atoms in total. The number of piperidine rings is 1. The number of halogens is 1. The summed E-state index contributed by atoms with van der Waals surface area (Å²) in [6.45, 7) is 2.85. The molecule has 2 aliphatic rings. The summed E-state index contributed by atoms with van der Waals surface area (Å²) in [6.07, 6.45) is 8.77. The van der Waals surface area contributed by atoms with Crippen molar-refractivity contribution in [3.8, 4) is 11.5 Å². The van der Waals surface area contributed by atoms with Crippen molar-refractivity contribution >= 4 is 16.9 Å². The van der Waals surface area contributed by atoms with E-state index in [4.69, 9.17) is 5.10 Å². The van der Waals surface area contributed by atoms with Crippen molar-refractivity contribution in [2.45, 2.75) is 18.9 Å². The van der Waals surface area contributed by atoms with Gasteiger partial charge in [-0.05, 0) is 45.1 Å². The first-order chi connectivity index (χ1) is 15.0. The van der Waals surface area contributed by atoms with E-state index in [9.17, 15) is 4.39 Å². The number of aromatic amines is 1. The zero-order chi connectivity index (χ0) is 21.5. The smallest absolute Gasteiger partial charge is 0.157 e. The molecule has 0 bridgehead atoms. The van der Waals surface area contributed by atoms with Gasteiger partial charge in [-0.2, -0.15) is 5.10 Å². The van der Waals surface area contributed by atoms with E-state index in [1.807, 2.05) is 17.8 Å². The Bertz CT molecular complexity index is 1150. The quantitative estimate of drug-likeness (QED) is 0.700. The highest BCUT2D eigenvalue weighted by atomic mass is 19.1. The van der Waals surface area contributed by atoms with E-state index in [1.165, 1.54) is 18.0 Å². The summed E-state index contributed by atoms with van der Waals surface area (Å²) < 4.78 is 15.4. The number of rotatable bonds is 4. The highest BCUT2D eigenvalue weighted by molar-refractivity contribution is 5.79. The molecule has 1 fully saturated rings. The van der Waals surface area contributed by atoms with Crippen molar-refractivity contribution in [1.82, 2.24) is 29.5 Å². The van der Waals surface area contributed by atoms with Crippen molar-refractivity contribution in [3.63, 3.8) is 0 Å². The molecule has 4 heterocycles. The van der Waals surface area contributed by atoms with Gasteiger partial charge in [0.1, 0.15) is 17.3 Å². The molecule has 0 unspecified atom stereocenters. The lowest BCUT2D eigenvalue weighted by Gasteiger charge is -2.41. The maximum Gasteiger partial charge on any atom is 0.157 e. The molecule has 2 aliphatic heterocycles. The van der Waals surface area contributed by atoms with Crippen molar-refractivity contribution in [2.75, 3.05) is 38.6 Å². The van der Waals surface area contributed by atoms with Gasteiger partial charge in [0.25, 0.3) is 0 Å². The Kier molecular flexibility index (Phi) is 5.02. The van der Waals surface area contributed by atoms with Gasteiger partial charge in [0.2, 0.25) is 0 Å². The molecule has 0 spiro atoms. The zero-order valence-electron chi connectivity index (χ0n) is 18.2. The molecule has 0 aliphatic carbocycles. The predicted octanol–water partition coefficient (Wildman–Crippen LogP) is 3.35. The predicted molar refractivity (Wildman–Crippen MR) is 121 cm³/mol. The fraction of sp³-hybridized carbons (Fsp3) is 0.391. The Morgan fingerprint density at radius 2 is 1.97 bits per heavy atom. The Morgan fingerprint density at radius 3 is 2.74 bits per heavy atom. The summed E-state index contributed by atoms with van der Waals surface area (Å²) >= 11 is 0. The van der Waals surface area contributed by atoms with E-state index in [1.54, 1.807) is 6.07 Å². The standard InChI is InChI=1S/C23H28FN7/c1-28(2)17-9-12-30(13-10-17)22-6-4-5-11-31(22)21-15-20(29(3)27-21)23-25-18-8-7-16(24)14-19(18)26-23/h4-8,14-15,17H,9-13H2,1-3H3,(H,25,26). The largest absolute Gasteiger partial charge is 0.358 e. The second-order valence-corrected chi connectivity index (χ2v) is 8.50. The van der Waals surface area contributed by atoms with E-state index in [2.05, 4.69) is 57.0 Å². The summed E-state index contributed by atoms with van der Waals surface area (Å²) in [5.74, 6) is 2.47. The van der Waals surface area contributed by atoms with Crippen molar-refractivity contribution in [3.05, 3.63) is 54.1 Å². The van der Waals surface area contributed by atoms with Gasteiger partial charge in [0.15, 0.2) is 11.6 Å². The molecule has 8 heteroatoms. The van der Waals surface area contributed by atoms with E-state index < -0.39 is 0 Å². The minimum atomic E-state index is -0.288. The van der Waals surface area contributed by atoms with Gasteiger partial charge in [-0.3, -0.25) is 4.68 Å². The van der Waals surface area contributed by atoms with E-state index in [0.29, 0.717) is 17.4 Å². The van der Waals surface area contributed by atoms with Gasteiger partial charge in [-0.25, -0.2) is 9.37 Å². The number of aromatic nitrogens is 4. The first kappa shape index (κ1) is 19.8. The summed E-state index contributed by atoms with van der Waals surface area (Å²) in [4.78, 5) is 14.9. The number of hydrogen-bond donors (Lipinski definition) is 1. The fourth-order valence-corrected chi connectivity index (χ4v) is 4.51. The molecule has 162 valence electrons. The molecule has 0 amide bonds. The van der Waals surface area contributed by atoms with Crippen LogP contribution in [0.1, 0.15) is 12.8 Å². The van der Waals surface area contributed by atoms with Crippen LogP contribution in [0.2, 0.25) is 0 Å². The zero-order valence-corrected chi connectivity index (χ0v) is 18.2. The Balaban J connectivity index is 1.42. The number of aryl methyl sites for hydroxylation is 1. The van der Waals surface area contributed by atoms with E-state index in [0.717, 1.165) is 49.5 Å². The number of benzene rings is 1. The summed E-state index contributed by atoms with van der Waals surface area (Å²) in [5, 5.41) is 4.79. The molecule has 0 saturated carbocycles. The number of imidazole rings is 1. The lowest BCUT2D eigenvalue weighted by Crippen LogP contribution is -2.45. The topological polar surface area (TPSA) is 56.2 Å². The molecule has 0 radical (unpaired) electrons. The molecule has 1 saturated heterocycles. The van der Waals surface area contributed by atoms with Crippen molar-refractivity contribution in [2.24, 2.45) is 7.05 Å². The Labute approximate surface area is 181 Å². The molecular weight excluding hydrogens is 393 g/mol. The molecule has 3 aromatic rings. The van der Waals surface area contributed by atoms with E-state index >= 15 is 0 Å². The number of fused-ring (bicyclic) bond motifs is 1. The van der Waals surface area contributed by atoms with Gasteiger partial charge in [-0.1, -0.05) is 12.2 Å². The van der Waals surface area contributed by atoms with Crippen LogP contribution in [0.3, 0.4) is 0 Å². The number of allylic oxidation sites excluding steroid dienone is 2. The van der Waals surface area contributed by atoms with Gasteiger partial charge >= 0.3 is 0 Å². The molecule has 5 rings (SSSR count). The van der Waals surface area contributed by atoms with Gasteiger partial charge in [-0.15, -0.1) is 0 Å². The highest BCUT2D eigenvalue weighted by Crippen LogP contribution is 2.30. The van der Waals surface area contributed by atoms with Gasteiger partial charge in [0, 0.05) is 44.9 Å². The normalized spacial score (nSPS) is 17.8. The van der Waals surface area contributed by atoms with Gasteiger partial charge < -0.3 is 19.7 Å². The third kappa shape index (κ3) is 3.72. The van der Waals surface area contributed by atoms with Crippen LogP contribution in [0, 0.1) is 5.82 Å². The van der Waals surface area contributed by atoms with Gasteiger partial charge in [0.05, 0.1) is 11.0 Å².